The Hall–Kier alpha value is -2.40. The molecule has 2 rings (SSSR count). The first kappa shape index (κ1) is 12.1. The highest BCUT2D eigenvalue weighted by Gasteiger charge is 2.12. The van der Waals surface area contributed by atoms with Gasteiger partial charge in [0.05, 0.1) is 4.92 Å². The van der Waals surface area contributed by atoms with Gasteiger partial charge in [-0.2, -0.15) is 0 Å². The summed E-state index contributed by atoms with van der Waals surface area (Å²) in [6.07, 6.45) is -0.839. The minimum atomic E-state index is -0.839. The maximum atomic E-state index is 10.5. The molecule has 0 aliphatic heterocycles. The van der Waals surface area contributed by atoms with E-state index in [0.717, 1.165) is 0 Å². The number of nitro groups is 1. The van der Waals surface area contributed by atoms with Crippen LogP contribution in [-0.2, 0) is 0 Å². The highest BCUT2D eigenvalue weighted by atomic mass is 16.6. The molecule has 0 heterocycles. The van der Waals surface area contributed by atoms with Crippen molar-refractivity contribution < 1.29 is 10.0 Å². The van der Waals surface area contributed by atoms with Crippen LogP contribution >= 0.6 is 0 Å². The second-order valence-corrected chi connectivity index (χ2v) is 3.92. The first-order valence-electron chi connectivity index (χ1n) is 5.36. The van der Waals surface area contributed by atoms with Crippen molar-refractivity contribution in [3.05, 3.63) is 69.8 Å². The standard InChI is InChI=1S/C13H12N2O3/c14-11-3-1-2-10(8-11)13(16)9-4-6-12(7-5-9)15(17)18/h1-8,13,16H,14H2. The van der Waals surface area contributed by atoms with E-state index in [4.69, 9.17) is 5.73 Å². The Kier molecular flexibility index (Phi) is 3.25. The lowest BCUT2D eigenvalue weighted by Crippen LogP contribution is -2.00. The summed E-state index contributed by atoms with van der Waals surface area (Å²) in [7, 11) is 0. The zero-order valence-electron chi connectivity index (χ0n) is 9.48. The van der Waals surface area contributed by atoms with E-state index in [1.807, 2.05) is 0 Å². The Bertz CT molecular complexity index is 567. The average molecular weight is 244 g/mol. The van der Waals surface area contributed by atoms with Crippen molar-refractivity contribution >= 4 is 11.4 Å². The largest absolute Gasteiger partial charge is 0.399 e. The molecule has 3 N–H and O–H groups in total. The molecule has 0 radical (unpaired) electrons. The molecular weight excluding hydrogens is 232 g/mol. The lowest BCUT2D eigenvalue weighted by Gasteiger charge is -2.11. The number of nitrogen functional groups attached to an aromatic ring is 1. The van der Waals surface area contributed by atoms with Gasteiger partial charge in [-0.25, -0.2) is 0 Å². The Morgan fingerprint density at radius 3 is 2.33 bits per heavy atom. The summed E-state index contributed by atoms with van der Waals surface area (Å²) in [5.41, 5.74) is 7.45. The highest BCUT2D eigenvalue weighted by Crippen LogP contribution is 2.24. The summed E-state index contributed by atoms with van der Waals surface area (Å²) < 4.78 is 0. The number of nitro benzene ring substituents is 1. The van der Waals surface area contributed by atoms with Gasteiger partial charge in [0.25, 0.3) is 5.69 Å². The number of nitrogens with zero attached hydrogens (tertiary/aromatic N) is 1. The van der Waals surface area contributed by atoms with E-state index >= 15 is 0 Å². The van der Waals surface area contributed by atoms with Gasteiger partial charge in [0.1, 0.15) is 6.10 Å². The molecule has 1 atom stereocenters. The van der Waals surface area contributed by atoms with Crippen LogP contribution in [0.2, 0.25) is 0 Å². The molecule has 0 saturated carbocycles. The topological polar surface area (TPSA) is 89.4 Å². The average Bonchev–Trinajstić information content (AvgIpc) is 2.38. The van der Waals surface area contributed by atoms with Crippen LogP contribution in [0, 0.1) is 10.1 Å². The Labute approximate surface area is 104 Å². The van der Waals surface area contributed by atoms with Crippen LogP contribution in [0.25, 0.3) is 0 Å². The third-order valence-corrected chi connectivity index (χ3v) is 2.65. The summed E-state index contributed by atoms with van der Waals surface area (Å²) >= 11 is 0. The van der Waals surface area contributed by atoms with Gasteiger partial charge < -0.3 is 10.8 Å². The van der Waals surface area contributed by atoms with E-state index < -0.39 is 11.0 Å². The van der Waals surface area contributed by atoms with Crippen LogP contribution in [0.4, 0.5) is 11.4 Å². The lowest BCUT2D eigenvalue weighted by molar-refractivity contribution is -0.384. The maximum absolute atomic E-state index is 10.5. The summed E-state index contributed by atoms with van der Waals surface area (Å²) in [6, 6.07) is 12.7. The number of anilines is 1. The van der Waals surface area contributed by atoms with E-state index in [1.165, 1.54) is 24.3 Å². The molecular formula is C13H12N2O3. The maximum Gasteiger partial charge on any atom is 0.269 e. The van der Waals surface area contributed by atoms with Crippen LogP contribution in [-0.4, -0.2) is 10.0 Å². The quantitative estimate of drug-likeness (QED) is 0.492. The fourth-order valence-corrected chi connectivity index (χ4v) is 1.70. The number of nitrogens with two attached hydrogens (primary N) is 1. The third-order valence-electron chi connectivity index (χ3n) is 2.65. The summed E-state index contributed by atoms with van der Waals surface area (Å²) in [4.78, 5) is 10.0. The Morgan fingerprint density at radius 1 is 1.11 bits per heavy atom. The molecule has 5 heteroatoms. The Balaban J connectivity index is 2.28. The van der Waals surface area contributed by atoms with E-state index in [2.05, 4.69) is 0 Å². The molecule has 18 heavy (non-hydrogen) atoms. The van der Waals surface area contributed by atoms with Crippen molar-refractivity contribution in [2.45, 2.75) is 6.10 Å². The first-order chi connectivity index (χ1) is 8.58. The molecule has 2 aromatic rings. The summed E-state index contributed by atoms with van der Waals surface area (Å²) in [5, 5.41) is 20.6. The fraction of sp³-hybridized carbons (Fsp3) is 0.0769. The van der Waals surface area contributed by atoms with Gasteiger partial charge in [0, 0.05) is 17.8 Å². The highest BCUT2D eigenvalue weighted by molar-refractivity contribution is 5.44. The Morgan fingerprint density at radius 2 is 1.78 bits per heavy atom. The molecule has 0 bridgehead atoms. The van der Waals surface area contributed by atoms with Gasteiger partial charge in [-0.05, 0) is 35.4 Å². The number of hydrogen-bond donors (Lipinski definition) is 2. The number of aliphatic hydroxyl groups is 1. The first-order valence-corrected chi connectivity index (χ1v) is 5.36. The normalized spacial score (nSPS) is 12.1. The molecule has 0 saturated heterocycles. The van der Waals surface area contributed by atoms with Gasteiger partial charge >= 0.3 is 0 Å². The van der Waals surface area contributed by atoms with E-state index in [-0.39, 0.29) is 5.69 Å². The van der Waals surface area contributed by atoms with Crippen molar-refractivity contribution in [2.75, 3.05) is 5.73 Å². The molecule has 0 fully saturated rings. The second-order valence-electron chi connectivity index (χ2n) is 3.92. The molecule has 1 unspecified atom stereocenters. The molecule has 2 aromatic carbocycles. The van der Waals surface area contributed by atoms with E-state index in [9.17, 15) is 15.2 Å². The fourth-order valence-electron chi connectivity index (χ4n) is 1.70. The van der Waals surface area contributed by atoms with Crippen LogP contribution < -0.4 is 5.73 Å². The molecule has 92 valence electrons. The van der Waals surface area contributed by atoms with Gasteiger partial charge in [0.2, 0.25) is 0 Å². The lowest BCUT2D eigenvalue weighted by atomic mass is 10.0. The molecule has 0 aromatic heterocycles. The van der Waals surface area contributed by atoms with Crippen LogP contribution in [0.15, 0.2) is 48.5 Å². The second kappa shape index (κ2) is 4.85. The van der Waals surface area contributed by atoms with Gasteiger partial charge in [0.15, 0.2) is 0 Å². The van der Waals surface area contributed by atoms with Gasteiger partial charge in [-0.1, -0.05) is 12.1 Å². The van der Waals surface area contributed by atoms with E-state index in [1.54, 1.807) is 24.3 Å². The zero-order valence-corrected chi connectivity index (χ0v) is 9.48. The number of benzene rings is 2. The minimum absolute atomic E-state index is 0.00137. The zero-order chi connectivity index (χ0) is 13.1. The molecule has 0 aliphatic carbocycles. The SMILES string of the molecule is Nc1cccc(C(O)c2ccc([N+](=O)[O-])cc2)c1. The van der Waals surface area contributed by atoms with Crippen molar-refractivity contribution in [2.24, 2.45) is 0 Å². The predicted molar refractivity (Wildman–Crippen MR) is 68.0 cm³/mol. The summed E-state index contributed by atoms with van der Waals surface area (Å²) in [6.45, 7) is 0. The molecule has 5 nitrogen and oxygen atoms in total. The number of non-ortho nitro benzene ring substituents is 1. The van der Waals surface area contributed by atoms with Gasteiger partial charge in [-0.15, -0.1) is 0 Å². The van der Waals surface area contributed by atoms with Crippen LogP contribution in [0.5, 0.6) is 0 Å². The number of aliphatic hydroxyl groups excluding tert-OH is 1. The molecule has 0 spiro atoms. The minimum Gasteiger partial charge on any atom is -0.399 e. The number of hydrogen-bond acceptors (Lipinski definition) is 4. The summed E-state index contributed by atoms with van der Waals surface area (Å²) in [5.74, 6) is 0. The van der Waals surface area contributed by atoms with Gasteiger partial charge in [-0.3, -0.25) is 10.1 Å². The predicted octanol–water partition coefficient (Wildman–Crippen LogP) is 2.26. The molecule has 0 aliphatic rings. The van der Waals surface area contributed by atoms with Crippen LogP contribution in [0.3, 0.4) is 0 Å². The third kappa shape index (κ3) is 2.46. The number of rotatable bonds is 3. The van der Waals surface area contributed by atoms with Crippen molar-refractivity contribution in [3.63, 3.8) is 0 Å². The molecule has 0 amide bonds. The van der Waals surface area contributed by atoms with Crippen molar-refractivity contribution in [1.82, 2.24) is 0 Å². The monoisotopic (exact) mass is 244 g/mol. The van der Waals surface area contributed by atoms with E-state index in [0.29, 0.717) is 16.8 Å². The van der Waals surface area contributed by atoms with Crippen molar-refractivity contribution in [1.29, 1.82) is 0 Å². The van der Waals surface area contributed by atoms with Crippen molar-refractivity contribution in [3.8, 4) is 0 Å². The smallest absolute Gasteiger partial charge is 0.269 e. The van der Waals surface area contributed by atoms with Crippen LogP contribution in [0.1, 0.15) is 17.2 Å².